The fraction of sp³-hybridized carbons (Fsp3) is 0.259. The van der Waals surface area contributed by atoms with Crippen molar-refractivity contribution in [2.24, 2.45) is 4.99 Å². The highest BCUT2D eigenvalue weighted by molar-refractivity contribution is 6.31. The van der Waals surface area contributed by atoms with Gasteiger partial charge in [0.25, 0.3) is 5.56 Å². The molecule has 200 valence electrons. The van der Waals surface area contributed by atoms with Crippen LogP contribution in [0, 0.1) is 18.6 Å². The molecule has 38 heavy (non-hydrogen) atoms. The molecule has 0 fully saturated rings. The van der Waals surface area contributed by atoms with Gasteiger partial charge in [-0.2, -0.15) is 0 Å². The summed E-state index contributed by atoms with van der Waals surface area (Å²) in [5.74, 6) is -2.74. The zero-order chi connectivity index (χ0) is 28.2. The summed E-state index contributed by atoms with van der Waals surface area (Å²) in [5, 5.41) is 9.77. The lowest BCUT2D eigenvalue weighted by molar-refractivity contribution is 0.0736. The van der Waals surface area contributed by atoms with Crippen molar-refractivity contribution in [2.75, 3.05) is 0 Å². The fourth-order valence-corrected chi connectivity index (χ4v) is 3.71. The molecule has 0 radical (unpaired) electrons. The summed E-state index contributed by atoms with van der Waals surface area (Å²) in [6.07, 6.45) is 2.22. The van der Waals surface area contributed by atoms with Crippen LogP contribution < -0.4 is 10.3 Å². The maximum atomic E-state index is 14.6. The molecule has 0 amide bonds. The highest BCUT2D eigenvalue weighted by Gasteiger charge is 2.20. The second-order valence-electron chi connectivity index (χ2n) is 8.95. The average Bonchev–Trinajstić information content (AvgIpc) is 2.83. The number of hydrogen-bond donors (Lipinski definition) is 1. The Morgan fingerprint density at radius 1 is 1.32 bits per heavy atom. The summed E-state index contributed by atoms with van der Waals surface area (Å²) < 4.78 is 48.0. The van der Waals surface area contributed by atoms with Crippen LogP contribution in [0.4, 0.5) is 13.2 Å². The van der Waals surface area contributed by atoms with E-state index in [-0.39, 0.29) is 40.0 Å². The lowest BCUT2D eigenvalue weighted by atomic mass is 10.0. The van der Waals surface area contributed by atoms with Crippen LogP contribution in [0.1, 0.15) is 43.5 Å². The molecular formula is C27H26ClF3N4O3. The lowest BCUT2D eigenvalue weighted by Gasteiger charge is -2.17. The average molecular weight is 547 g/mol. The van der Waals surface area contributed by atoms with Gasteiger partial charge in [0.2, 0.25) is 0 Å². The van der Waals surface area contributed by atoms with Crippen LogP contribution in [-0.4, -0.2) is 25.9 Å². The summed E-state index contributed by atoms with van der Waals surface area (Å²) in [4.78, 5) is 25.4. The van der Waals surface area contributed by atoms with Gasteiger partial charge in [-0.05, 0) is 45.4 Å². The van der Waals surface area contributed by atoms with Crippen molar-refractivity contribution in [3.05, 3.63) is 104 Å². The first-order chi connectivity index (χ1) is 17.8. The van der Waals surface area contributed by atoms with E-state index in [1.807, 2.05) is 0 Å². The minimum absolute atomic E-state index is 0.0798. The molecular weight excluding hydrogens is 521 g/mol. The predicted molar refractivity (Wildman–Crippen MR) is 140 cm³/mol. The SMILES string of the molecule is C=C(F)/C(=C(/C)C=NCc1cccc(C(C)(C)O)n1)n1c(C)cc(OCc2ncc(F)cc2F)c(Cl)c1=O. The molecule has 0 bridgehead atoms. The number of pyridine rings is 3. The number of rotatable bonds is 9. The van der Waals surface area contributed by atoms with Crippen molar-refractivity contribution < 1.29 is 23.0 Å². The van der Waals surface area contributed by atoms with E-state index in [9.17, 15) is 23.1 Å². The molecule has 0 unspecified atom stereocenters. The van der Waals surface area contributed by atoms with Crippen LogP contribution in [0.5, 0.6) is 5.75 Å². The minimum atomic E-state index is -1.12. The largest absolute Gasteiger partial charge is 0.485 e. The Hall–Kier alpha value is -3.76. The van der Waals surface area contributed by atoms with Gasteiger partial charge in [0.1, 0.15) is 40.3 Å². The van der Waals surface area contributed by atoms with E-state index in [0.717, 1.165) is 10.8 Å². The number of aliphatic hydroxyl groups is 1. The Balaban J connectivity index is 1.90. The topological polar surface area (TPSA) is 89.6 Å². The molecule has 0 aliphatic heterocycles. The summed E-state index contributed by atoms with van der Waals surface area (Å²) in [6, 6.07) is 7.22. The molecule has 11 heteroatoms. The number of nitrogens with zero attached hydrogens (tertiary/aromatic N) is 4. The molecule has 7 nitrogen and oxygen atoms in total. The first-order valence-electron chi connectivity index (χ1n) is 11.4. The molecule has 3 heterocycles. The van der Waals surface area contributed by atoms with E-state index in [1.165, 1.54) is 19.2 Å². The van der Waals surface area contributed by atoms with Crippen molar-refractivity contribution in [1.82, 2.24) is 14.5 Å². The zero-order valence-electron chi connectivity index (χ0n) is 21.2. The quantitative estimate of drug-likeness (QED) is 0.276. The third kappa shape index (κ3) is 6.76. The predicted octanol–water partition coefficient (Wildman–Crippen LogP) is 5.67. The van der Waals surface area contributed by atoms with Gasteiger partial charge >= 0.3 is 0 Å². The molecule has 3 aromatic heterocycles. The highest BCUT2D eigenvalue weighted by atomic mass is 35.5. The smallest absolute Gasteiger partial charge is 0.277 e. The Morgan fingerprint density at radius 2 is 2.03 bits per heavy atom. The van der Waals surface area contributed by atoms with Crippen LogP contribution in [0.25, 0.3) is 5.70 Å². The maximum Gasteiger partial charge on any atom is 0.277 e. The number of ether oxygens (including phenoxy) is 1. The normalized spacial score (nSPS) is 12.6. The monoisotopic (exact) mass is 546 g/mol. The Kier molecular flexibility index (Phi) is 8.90. The Morgan fingerprint density at radius 3 is 2.66 bits per heavy atom. The summed E-state index contributed by atoms with van der Waals surface area (Å²) >= 11 is 6.22. The number of aryl methyl sites for hydroxylation is 1. The van der Waals surface area contributed by atoms with E-state index in [0.29, 0.717) is 17.5 Å². The molecule has 0 aliphatic carbocycles. The van der Waals surface area contributed by atoms with Crippen molar-refractivity contribution in [1.29, 1.82) is 0 Å². The Labute approximate surface area is 222 Å². The molecule has 0 spiro atoms. The molecule has 1 N–H and O–H groups in total. The third-order valence-corrected chi connectivity index (χ3v) is 5.72. The molecule has 0 atom stereocenters. The number of aliphatic imine (C=N–C) groups is 1. The second-order valence-corrected chi connectivity index (χ2v) is 9.33. The summed E-state index contributed by atoms with van der Waals surface area (Å²) in [5.41, 5.74) is -0.661. The maximum absolute atomic E-state index is 14.6. The van der Waals surface area contributed by atoms with Crippen LogP contribution >= 0.6 is 11.6 Å². The molecule has 0 saturated heterocycles. The third-order valence-electron chi connectivity index (χ3n) is 5.37. The number of halogens is 4. The number of hydrogen-bond acceptors (Lipinski definition) is 6. The van der Waals surface area contributed by atoms with E-state index in [4.69, 9.17) is 16.3 Å². The van der Waals surface area contributed by atoms with Gasteiger partial charge in [-0.1, -0.05) is 24.2 Å². The van der Waals surface area contributed by atoms with Gasteiger partial charge in [0.05, 0.1) is 29.8 Å². The summed E-state index contributed by atoms with van der Waals surface area (Å²) in [6.45, 7) is 9.39. The Bertz CT molecular complexity index is 1490. The molecule has 3 rings (SSSR count). The van der Waals surface area contributed by atoms with Crippen molar-refractivity contribution in [3.8, 4) is 5.75 Å². The van der Waals surface area contributed by atoms with E-state index >= 15 is 0 Å². The molecule has 3 aromatic rings. The fourth-order valence-electron chi connectivity index (χ4n) is 3.52. The molecule has 0 aliphatic rings. The van der Waals surface area contributed by atoms with Gasteiger partial charge in [0.15, 0.2) is 5.82 Å². The first-order valence-corrected chi connectivity index (χ1v) is 11.8. The van der Waals surface area contributed by atoms with Crippen LogP contribution in [-0.2, 0) is 18.8 Å². The van der Waals surface area contributed by atoms with Gasteiger partial charge in [-0.3, -0.25) is 24.3 Å². The van der Waals surface area contributed by atoms with E-state index < -0.39 is 35.2 Å². The molecule has 0 saturated carbocycles. The number of allylic oxidation sites excluding steroid dienone is 3. The zero-order valence-corrected chi connectivity index (χ0v) is 22.0. The van der Waals surface area contributed by atoms with Crippen molar-refractivity contribution >= 4 is 23.5 Å². The standard InChI is InChI=1S/C27H26ClF3N4O3/c1-15(11-32-13-19-7-6-8-23(34-19)27(4,5)37)25(17(3)29)35-16(2)9-22(24(28)26(35)36)38-14-21-20(31)10-18(30)12-33-21/h6-12,37H,3,13-14H2,1-2,4-5H3/b25-15+,32-11?. The van der Waals surface area contributed by atoms with Crippen molar-refractivity contribution in [3.63, 3.8) is 0 Å². The van der Waals surface area contributed by atoms with Crippen LogP contribution in [0.15, 0.2) is 64.3 Å². The van der Waals surface area contributed by atoms with Gasteiger partial charge in [-0.25, -0.2) is 13.2 Å². The van der Waals surface area contributed by atoms with E-state index in [1.54, 1.807) is 39.0 Å². The number of aromatic nitrogens is 3. The second kappa shape index (κ2) is 11.7. The minimum Gasteiger partial charge on any atom is -0.485 e. The van der Waals surface area contributed by atoms with Crippen molar-refractivity contribution in [2.45, 2.75) is 46.4 Å². The highest BCUT2D eigenvalue weighted by Crippen LogP contribution is 2.27. The van der Waals surface area contributed by atoms with Crippen LogP contribution in [0.2, 0.25) is 5.02 Å². The van der Waals surface area contributed by atoms with Crippen LogP contribution in [0.3, 0.4) is 0 Å². The van der Waals surface area contributed by atoms with Gasteiger partial charge in [-0.15, -0.1) is 0 Å². The van der Waals surface area contributed by atoms with Gasteiger partial charge in [0, 0.05) is 24.0 Å². The molecule has 0 aromatic carbocycles. The van der Waals surface area contributed by atoms with E-state index in [2.05, 4.69) is 21.5 Å². The first kappa shape index (κ1) is 28.8. The lowest BCUT2D eigenvalue weighted by Crippen LogP contribution is -2.24. The summed E-state index contributed by atoms with van der Waals surface area (Å²) in [7, 11) is 0. The van der Waals surface area contributed by atoms with Gasteiger partial charge < -0.3 is 9.84 Å².